The van der Waals surface area contributed by atoms with Gasteiger partial charge in [-0.25, -0.2) is 4.39 Å². The van der Waals surface area contributed by atoms with Gasteiger partial charge in [0.25, 0.3) is 5.91 Å². The highest BCUT2D eigenvalue weighted by molar-refractivity contribution is 6.30. The highest BCUT2D eigenvalue weighted by Crippen LogP contribution is 2.21. The van der Waals surface area contributed by atoms with E-state index in [0.29, 0.717) is 16.3 Å². The minimum atomic E-state index is -0.542. The summed E-state index contributed by atoms with van der Waals surface area (Å²) in [5, 5.41) is 3.32. The maximum atomic E-state index is 13.0. The topological polar surface area (TPSA) is 55.1 Å². The Hall–Kier alpha value is -2.07. The molecular weight excluding hydrogens is 267 g/mol. The number of halogens is 2. The smallest absolute Gasteiger partial charge is 0.255 e. The van der Waals surface area contributed by atoms with Crippen LogP contribution in [0.25, 0.3) is 0 Å². The number of nitrogen functional groups attached to an aromatic ring is 1. The predicted molar refractivity (Wildman–Crippen MR) is 75.0 cm³/mol. The summed E-state index contributed by atoms with van der Waals surface area (Å²) in [6.45, 7) is 1.83. The molecule has 0 saturated carbocycles. The van der Waals surface area contributed by atoms with E-state index in [1.807, 2.05) is 6.92 Å². The van der Waals surface area contributed by atoms with E-state index in [2.05, 4.69) is 5.32 Å². The van der Waals surface area contributed by atoms with E-state index < -0.39 is 5.82 Å². The molecule has 2 aromatic carbocycles. The SMILES string of the molecule is Cc1cc(Cl)ccc1NC(=O)c1ccc(F)c(N)c1. The lowest BCUT2D eigenvalue weighted by atomic mass is 10.1. The van der Waals surface area contributed by atoms with Crippen LogP contribution >= 0.6 is 11.6 Å². The van der Waals surface area contributed by atoms with Crippen molar-refractivity contribution in [1.82, 2.24) is 0 Å². The molecule has 0 bridgehead atoms. The monoisotopic (exact) mass is 278 g/mol. The van der Waals surface area contributed by atoms with Crippen LogP contribution < -0.4 is 11.1 Å². The number of carbonyl (C=O) groups is 1. The summed E-state index contributed by atoms with van der Waals surface area (Å²) in [6.07, 6.45) is 0. The molecule has 0 heterocycles. The molecule has 98 valence electrons. The third kappa shape index (κ3) is 3.03. The van der Waals surface area contributed by atoms with Crippen molar-refractivity contribution in [2.24, 2.45) is 0 Å². The maximum absolute atomic E-state index is 13.0. The third-order valence-corrected chi connectivity index (χ3v) is 2.93. The van der Waals surface area contributed by atoms with Gasteiger partial charge in [0, 0.05) is 16.3 Å². The van der Waals surface area contributed by atoms with E-state index in [1.165, 1.54) is 18.2 Å². The van der Waals surface area contributed by atoms with Gasteiger partial charge in [-0.05, 0) is 48.9 Å². The predicted octanol–water partition coefficient (Wildman–Crippen LogP) is 3.62. The highest BCUT2D eigenvalue weighted by Gasteiger charge is 2.09. The Morgan fingerprint density at radius 3 is 2.63 bits per heavy atom. The minimum absolute atomic E-state index is 0.0551. The van der Waals surface area contributed by atoms with Crippen molar-refractivity contribution in [3.8, 4) is 0 Å². The first-order valence-electron chi connectivity index (χ1n) is 5.60. The van der Waals surface area contributed by atoms with Crippen LogP contribution in [0.2, 0.25) is 5.02 Å². The Bertz CT molecular complexity index is 643. The normalized spacial score (nSPS) is 10.3. The first-order valence-corrected chi connectivity index (χ1v) is 5.97. The Morgan fingerprint density at radius 1 is 1.26 bits per heavy atom. The fourth-order valence-electron chi connectivity index (χ4n) is 1.65. The number of nitrogens with one attached hydrogen (secondary N) is 1. The molecule has 3 nitrogen and oxygen atoms in total. The molecule has 0 atom stereocenters. The number of benzene rings is 2. The molecule has 0 aliphatic heterocycles. The molecule has 0 saturated heterocycles. The Morgan fingerprint density at radius 2 is 2.00 bits per heavy atom. The van der Waals surface area contributed by atoms with Gasteiger partial charge in [-0.2, -0.15) is 0 Å². The zero-order valence-electron chi connectivity index (χ0n) is 10.2. The molecule has 2 aromatic rings. The quantitative estimate of drug-likeness (QED) is 0.824. The van der Waals surface area contributed by atoms with Crippen molar-refractivity contribution in [3.63, 3.8) is 0 Å². The molecule has 5 heteroatoms. The molecule has 0 aromatic heterocycles. The second-order valence-electron chi connectivity index (χ2n) is 4.15. The lowest BCUT2D eigenvalue weighted by molar-refractivity contribution is 0.102. The van der Waals surface area contributed by atoms with Crippen LogP contribution in [-0.4, -0.2) is 5.91 Å². The number of carbonyl (C=O) groups excluding carboxylic acids is 1. The first kappa shape index (κ1) is 13.4. The van der Waals surface area contributed by atoms with Crippen LogP contribution in [0.3, 0.4) is 0 Å². The molecular formula is C14H12ClFN2O. The Kier molecular flexibility index (Phi) is 3.71. The maximum Gasteiger partial charge on any atom is 0.255 e. The van der Waals surface area contributed by atoms with Crippen molar-refractivity contribution in [2.75, 3.05) is 11.1 Å². The van der Waals surface area contributed by atoms with Crippen molar-refractivity contribution in [3.05, 3.63) is 58.4 Å². The Balaban J connectivity index is 2.23. The van der Waals surface area contributed by atoms with Crippen molar-refractivity contribution < 1.29 is 9.18 Å². The molecule has 0 aliphatic rings. The molecule has 0 unspecified atom stereocenters. The van der Waals surface area contributed by atoms with Gasteiger partial charge < -0.3 is 11.1 Å². The van der Waals surface area contributed by atoms with Gasteiger partial charge >= 0.3 is 0 Å². The van der Waals surface area contributed by atoms with Gasteiger partial charge in [-0.3, -0.25) is 4.79 Å². The first-order chi connectivity index (χ1) is 8.97. The van der Waals surface area contributed by atoms with Crippen LogP contribution in [0.15, 0.2) is 36.4 Å². The van der Waals surface area contributed by atoms with Crippen LogP contribution in [-0.2, 0) is 0 Å². The molecule has 0 aliphatic carbocycles. The highest BCUT2D eigenvalue weighted by atomic mass is 35.5. The standard InChI is InChI=1S/C14H12ClFN2O/c1-8-6-10(15)3-5-13(8)18-14(19)9-2-4-11(16)12(17)7-9/h2-7H,17H2,1H3,(H,18,19). The van der Waals surface area contributed by atoms with E-state index in [4.69, 9.17) is 17.3 Å². The summed E-state index contributed by atoms with van der Waals surface area (Å²) < 4.78 is 13.0. The second-order valence-corrected chi connectivity index (χ2v) is 4.59. The largest absolute Gasteiger partial charge is 0.396 e. The van der Waals surface area contributed by atoms with Crippen LogP contribution in [0.1, 0.15) is 15.9 Å². The van der Waals surface area contributed by atoms with Crippen molar-refractivity contribution in [1.29, 1.82) is 0 Å². The van der Waals surface area contributed by atoms with Gasteiger partial charge in [0.1, 0.15) is 5.82 Å². The Labute approximate surface area is 115 Å². The third-order valence-electron chi connectivity index (χ3n) is 2.69. The molecule has 19 heavy (non-hydrogen) atoms. The minimum Gasteiger partial charge on any atom is -0.396 e. The summed E-state index contributed by atoms with van der Waals surface area (Å²) in [5.41, 5.74) is 7.17. The van der Waals surface area contributed by atoms with Gasteiger partial charge in [0.05, 0.1) is 5.69 Å². The summed E-state index contributed by atoms with van der Waals surface area (Å²) in [4.78, 5) is 12.0. The van der Waals surface area contributed by atoms with Gasteiger partial charge in [0.15, 0.2) is 0 Å². The average molecular weight is 279 g/mol. The summed E-state index contributed by atoms with van der Waals surface area (Å²) in [7, 11) is 0. The molecule has 0 radical (unpaired) electrons. The number of hydrogen-bond acceptors (Lipinski definition) is 2. The fourth-order valence-corrected chi connectivity index (χ4v) is 1.87. The van der Waals surface area contributed by atoms with E-state index in [-0.39, 0.29) is 11.6 Å². The van der Waals surface area contributed by atoms with Crippen LogP contribution in [0, 0.1) is 12.7 Å². The second kappa shape index (κ2) is 5.28. The zero-order chi connectivity index (χ0) is 14.0. The van der Waals surface area contributed by atoms with Gasteiger partial charge in [-0.15, -0.1) is 0 Å². The summed E-state index contributed by atoms with van der Waals surface area (Å²) in [5.74, 6) is -0.892. The number of nitrogens with two attached hydrogens (primary N) is 1. The molecule has 2 rings (SSSR count). The van der Waals surface area contributed by atoms with E-state index in [9.17, 15) is 9.18 Å². The van der Waals surface area contributed by atoms with Crippen LogP contribution in [0.4, 0.5) is 15.8 Å². The number of amides is 1. The van der Waals surface area contributed by atoms with Gasteiger partial charge in [0.2, 0.25) is 0 Å². The van der Waals surface area contributed by atoms with Gasteiger partial charge in [-0.1, -0.05) is 11.6 Å². The summed E-state index contributed by atoms with van der Waals surface area (Å²) in [6, 6.07) is 8.99. The lowest BCUT2D eigenvalue weighted by Gasteiger charge is -2.09. The van der Waals surface area contributed by atoms with E-state index in [1.54, 1.807) is 18.2 Å². The number of anilines is 2. The fraction of sp³-hybridized carbons (Fsp3) is 0.0714. The summed E-state index contributed by atoms with van der Waals surface area (Å²) >= 11 is 5.84. The zero-order valence-corrected chi connectivity index (χ0v) is 11.0. The molecule has 3 N–H and O–H groups in total. The van der Waals surface area contributed by atoms with Crippen molar-refractivity contribution in [2.45, 2.75) is 6.92 Å². The van der Waals surface area contributed by atoms with Crippen molar-refractivity contribution >= 4 is 28.9 Å². The number of rotatable bonds is 2. The average Bonchev–Trinajstić information content (AvgIpc) is 2.36. The lowest BCUT2D eigenvalue weighted by Crippen LogP contribution is -2.13. The van der Waals surface area contributed by atoms with Crippen LogP contribution in [0.5, 0.6) is 0 Å². The number of aryl methyl sites for hydroxylation is 1. The molecule has 0 spiro atoms. The van der Waals surface area contributed by atoms with E-state index in [0.717, 1.165) is 5.56 Å². The number of hydrogen-bond donors (Lipinski definition) is 2. The molecule has 1 amide bonds. The van der Waals surface area contributed by atoms with E-state index >= 15 is 0 Å². The molecule has 0 fully saturated rings.